The molecule has 3 N–H and O–H groups in total. The minimum Gasteiger partial charge on any atom is -0.506 e. The average Bonchev–Trinajstić information content (AvgIpc) is 2.47. The molecule has 1 amide bonds. The molecule has 2 aromatic rings. The Morgan fingerprint density at radius 2 is 1.90 bits per heavy atom. The molecule has 0 heterocycles. The van der Waals surface area contributed by atoms with E-state index in [0.717, 1.165) is 5.39 Å². The predicted octanol–water partition coefficient (Wildman–Crippen LogP) is 2.53. The van der Waals surface area contributed by atoms with Gasteiger partial charge >= 0.3 is 5.97 Å². The summed E-state index contributed by atoms with van der Waals surface area (Å²) in [5.74, 6) is -1.80. The summed E-state index contributed by atoms with van der Waals surface area (Å²) in [6.45, 7) is 1.84. The van der Waals surface area contributed by atoms with Gasteiger partial charge in [0.25, 0.3) is 5.91 Å². The Morgan fingerprint density at radius 1 is 1.19 bits per heavy atom. The molecular weight excluding hydrogens is 270 g/mol. The van der Waals surface area contributed by atoms with E-state index in [-0.39, 0.29) is 11.3 Å². The number of nitrogens with one attached hydrogen (secondary N) is 1. The van der Waals surface area contributed by atoms with Crippen molar-refractivity contribution in [2.45, 2.75) is 25.8 Å². The van der Waals surface area contributed by atoms with Gasteiger partial charge in [-0.2, -0.15) is 0 Å². The molecular formula is C16H17NO4. The van der Waals surface area contributed by atoms with Crippen LogP contribution in [0.15, 0.2) is 36.4 Å². The lowest BCUT2D eigenvalue weighted by atomic mass is 10.0. The second-order valence-electron chi connectivity index (χ2n) is 4.84. The van der Waals surface area contributed by atoms with Gasteiger partial charge < -0.3 is 15.5 Å². The van der Waals surface area contributed by atoms with Gasteiger partial charge in [0.15, 0.2) is 0 Å². The molecule has 0 saturated carbocycles. The van der Waals surface area contributed by atoms with Crippen LogP contribution in [0.1, 0.15) is 30.1 Å². The van der Waals surface area contributed by atoms with Crippen LogP contribution in [0, 0.1) is 0 Å². The van der Waals surface area contributed by atoms with Gasteiger partial charge in [-0.25, -0.2) is 4.79 Å². The number of fused-ring (bicyclic) bond motifs is 1. The number of benzene rings is 2. The van der Waals surface area contributed by atoms with Crippen LogP contribution in [-0.2, 0) is 4.79 Å². The Morgan fingerprint density at radius 3 is 2.57 bits per heavy atom. The monoisotopic (exact) mass is 287 g/mol. The zero-order valence-corrected chi connectivity index (χ0v) is 11.7. The van der Waals surface area contributed by atoms with Gasteiger partial charge in [-0.1, -0.05) is 43.7 Å². The number of carbonyl (C=O) groups is 2. The molecule has 110 valence electrons. The molecule has 2 rings (SSSR count). The Kier molecular flexibility index (Phi) is 4.42. The van der Waals surface area contributed by atoms with E-state index >= 15 is 0 Å². The van der Waals surface area contributed by atoms with Crippen LogP contribution in [0.3, 0.4) is 0 Å². The molecule has 0 aliphatic heterocycles. The van der Waals surface area contributed by atoms with Gasteiger partial charge in [0.05, 0.1) is 5.56 Å². The predicted molar refractivity (Wildman–Crippen MR) is 79.4 cm³/mol. The zero-order valence-electron chi connectivity index (χ0n) is 11.7. The Labute approximate surface area is 122 Å². The molecule has 0 fully saturated rings. The standard InChI is InChI=1S/C16H17NO4/c1-2-5-13(16(20)21)17-15(19)12-9-8-10-6-3-4-7-11(10)14(12)18/h3-4,6-9,13,18H,2,5H2,1H3,(H,17,19)(H,20,21). The maximum absolute atomic E-state index is 12.2. The minimum absolute atomic E-state index is 0.0797. The Bertz CT molecular complexity index is 681. The first-order chi connectivity index (χ1) is 10.0. The lowest BCUT2D eigenvalue weighted by Crippen LogP contribution is -2.40. The highest BCUT2D eigenvalue weighted by molar-refractivity contribution is 6.04. The summed E-state index contributed by atoms with van der Waals surface area (Å²) in [5, 5.41) is 23.1. The SMILES string of the molecule is CCCC(NC(=O)c1ccc2ccccc2c1O)C(=O)O. The van der Waals surface area contributed by atoms with Crippen molar-refractivity contribution in [2.24, 2.45) is 0 Å². The summed E-state index contributed by atoms with van der Waals surface area (Å²) < 4.78 is 0. The molecule has 1 unspecified atom stereocenters. The highest BCUT2D eigenvalue weighted by Crippen LogP contribution is 2.28. The molecule has 2 aromatic carbocycles. The van der Waals surface area contributed by atoms with Crippen molar-refractivity contribution in [1.82, 2.24) is 5.32 Å². The normalized spacial score (nSPS) is 12.0. The first-order valence-electron chi connectivity index (χ1n) is 6.79. The molecule has 0 radical (unpaired) electrons. The number of carbonyl (C=O) groups excluding carboxylic acids is 1. The van der Waals surface area contributed by atoms with Gasteiger partial charge in [-0.05, 0) is 17.9 Å². The summed E-state index contributed by atoms with van der Waals surface area (Å²) in [5.41, 5.74) is 0.0797. The Balaban J connectivity index is 2.31. The first kappa shape index (κ1) is 14.8. The lowest BCUT2D eigenvalue weighted by Gasteiger charge is -2.14. The topological polar surface area (TPSA) is 86.6 Å². The van der Waals surface area contributed by atoms with E-state index in [1.54, 1.807) is 18.2 Å². The second kappa shape index (κ2) is 6.26. The van der Waals surface area contributed by atoms with E-state index in [2.05, 4.69) is 5.32 Å². The fourth-order valence-corrected chi connectivity index (χ4v) is 2.22. The quantitative estimate of drug-likeness (QED) is 0.788. The van der Waals surface area contributed by atoms with Crippen LogP contribution < -0.4 is 5.32 Å². The summed E-state index contributed by atoms with van der Waals surface area (Å²) in [4.78, 5) is 23.2. The van der Waals surface area contributed by atoms with Gasteiger partial charge in [0, 0.05) is 5.39 Å². The second-order valence-corrected chi connectivity index (χ2v) is 4.84. The van der Waals surface area contributed by atoms with Crippen molar-refractivity contribution in [1.29, 1.82) is 0 Å². The number of hydrogen-bond donors (Lipinski definition) is 3. The van der Waals surface area contributed by atoms with Crippen LogP contribution in [0.5, 0.6) is 5.75 Å². The lowest BCUT2D eigenvalue weighted by molar-refractivity contribution is -0.139. The van der Waals surface area contributed by atoms with E-state index in [0.29, 0.717) is 18.2 Å². The molecule has 0 aliphatic rings. The van der Waals surface area contributed by atoms with Crippen LogP contribution >= 0.6 is 0 Å². The molecule has 0 aliphatic carbocycles. The van der Waals surface area contributed by atoms with E-state index in [1.807, 2.05) is 19.1 Å². The molecule has 0 bridgehead atoms. The Hall–Kier alpha value is -2.56. The maximum Gasteiger partial charge on any atom is 0.326 e. The average molecular weight is 287 g/mol. The molecule has 21 heavy (non-hydrogen) atoms. The molecule has 1 atom stereocenters. The van der Waals surface area contributed by atoms with E-state index < -0.39 is 17.9 Å². The van der Waals surface area contributed by atoms with Crippen LogP contribution in [0.2, 0.25) is 0 Å². The molecule has 0 spiro atoms. The molecule has 0 aromatic heterocycles. The summed E-state index contributed by atoms with van der Waals surface area (Å²) >= 11 is 0. The number of carboxylic acids is 1. The first-order valence-corrected chi connectivity index (χ1v) is 6.79. The fraction of sp³-hybridized carbons (Fsp3) is 0.250. The van der Waals surface area contributed by atoms with E-state index in [9.17, 15) is 14.7 Å². The van der Waals surface area contributed by atoms with Crippen molar-refractivity contribution in [3.05, 3.63) is 42.0 Å². The highest BCUT2D eigenvalue weighted by Gasteiger charge is 2.21. The number of phenolic OH excluding ortho intramolecular Hbond substituents is 1. The third kappa shape index (κ3) is 3.13. The molecule has 5 nitrogen and oxygen atoms in total. The third-order valence-corrected chi connectivity index (χ3v) is 3.33. The smallest absolute Gasteiger partial charge is 0.326 e. The number of aromatic hydroxyl groups is 1. The van der Waals surface area contributed by atoms with Crippen molar-refractivity contribution in [3.63, 3.8) is 0 Å². The van der Waals surface area contributed by atoms with E-state index in [1.165, 1.54) is 6.07 Å². The summed E-state index contributed by atoms with van der Waals surface area (Å²) in [6.07, 6.45) is 0.983. The number of aliphatic carboxylic acids is 1. The number of amides is 1. The van der Waals surface area contributed by atoms with E-state index in [4.69, 9.17) is 5.11 Å². The fourth-order valence-electron chi connectivity index (χ4n) is 2.22. The maximum atomic E-state index is 12.2. The van der Waals surface area contributed by atoms with Gasteiger partial charge in [-0.3, -0.25) is 4.79 Å². The van der Waals surface area contributed by atoms with Crippen LogP contribution in [0.4, 0.5) is 0 Å². The van der Waals surface area contributed by atoms with Crippen LogP contribution in [0.25, 0.3) is 10.8 Å². The van der Waals surface area contributed by atoms with Gasteiger partial charge in [-0.15, -0.1) is 0 Å². The highest BCUT2D eigenvalue weighted by atomic mass is 16.4. The van der Waals surface area contributed by atoms with Crippen LogP contribution in [-0.4, -0.2) is 28.1 Å². The van der Waals surface area contributed by atoms with Crippen molar-refractivity contribution < 1.29 is 19.8 Å². The number of phenols is 1. The minimum atomic E-state index is -1.08. The summed E-state index contributed by atoms with van der Waals surface area (Å²) in [7, 11) is 0. The van der Waals surface area contributed by atoms with Crippen molar-refractivity contribution in [3.8, 4) is 5.75 Å². The van der Waals surface area contributed by atoms with Crippen molar-refractivity contribution >= 4 is 22.6 Å². The number of carboxylic acid groups (broad SMARTS) is 1. The number of hydrogen-bond acceptors (Lipinski definition) is 3. The largest absolute Gasteiger partial charge is 0.506 e. The summed E-state index contributed by atoms with van der Waals surface area (Å²) in [6, 6.07) is 9.41. The third-order valence-electron chi connectivity index (χ3n) is 3.33. The number of rotatable bonds is 5. The molecule has 0 saturated heterocycles. The van der Waals surface area contributed by atoms with Crippen molar-refractivity contribution in [2.75, 3.05) is 0 Å². The van der Waals surface area contributed by atoms with Gasteiger partial charge in [0.1, 0.15) is 11.8 Å². The molecule has 5 heteroatoms. The zero-order chi connectivity index (χ0) is 15.4. The van der Waals surface area contributed by atoms with Gasteiger partial charge in [0.2, 0.25) is 0 Å².